The van der Waals surface area contributed by atoms with Crippen LogP contribution in [-0.2, 0) is 11.3 Å². The lowest BCUT2D eigenvalue weighted by Gasteiger charge is -2.11. The molecule has 1 fully saturated rings. The minimum absolute atomic E-state index is 0.0147. The number of carboxylic acids is 1. The number of nitrogens with one attached hydrogen (secondary N) is 1. The molecule has 3 aromatic rings. The van der Waals surface area contributed by atoms with Crippen molar-refractivity contribution in [3.8, 4) is 11.3 Å². The fourth-order valence-corrected chi connectivity index (χ4v) is 3.28. The summed E-state index contributed by atoms with van der Waals surface area (Å²) in [4.78, 5) is 37.0. The van der Waals surface area contributed by atoms with E-state index in [9.17, 15) is 18.8 Å². The Kier molecular flexibility index (Phi) is 5.12. The largest absolute Gasteiger partial charge is 0.478 e. The number of rotatable bonds is 5. The molecule has 0 unspecified atom stereocenters. The smallest absolute Gasteiger partial charge is 0.335 e. The number of urea groups is 1. The first-order chi connectivity index (χ1) is 14.8. The second kappa shape index (κ2) is 7.91. The zero-order valence-electron chi connectivity index (χ0n) is 16.4. The SMILES string of the molecule is Cc1cc(C(=O)O)ccc1-c1ccc(/C=C2/NC(=O)N(Cc3ccc(F)cc3)C2=O)o1. The molecule has 7 nitrogen and oxygen atoms in total. The Labute approximate surface area is 176 Å². The van der Waals surface area contributed by atoms with Gasteiger partial charge >= 0.3 is 12.0 Å². The van der Waals surface area contributed by atoms with Crippen LogP contribution in [0.2, 0.25) is 0 Å². The van der Waals surface area contributed by atoms with E-state index in [1.165, 1.54) is 36.4 Å². The lowest BCUT2D eigenvalue weighted by atomic mass is 10.0. The second-order valence-corrected chi connectivity index (χ2v) is 7.04. The Bertz CT molecular complexity index is 1230. The highest BCUT2D eigenvalue weighted by Crippen LogP contribution is 2.28. The predicted molar refractivity (Wildman–Crippen MR) is 109 cm³/mol. The molecule has 0 radical (unpaired) electrons. The lowest BCUT2D eigenvalue weighted by molar-refractivity contribution is -0.123. The summed E-state index contributed by atoms with van der Waals surface area (Å²) in [5, 5.41) is 11.6. The summed E-state index contributed by atoms with van der Waals surface area (Å²) < 4.78 is 18.8. The fourth-order valence-electron chi connectivity index (χ4n) is 3.28. The van der Waals surface area contributed by atoms with Gasteiger partial charge < -0.3 is 14.8 Å². The van der Waals surface area contributed by atoms with E-state index < -0.39 is 23.7 Å². The van der Waals surface area contributed by atoms with Gasteiger partial charge in [-0.3, -0.25) is 9.69 Å². The number of hydrogen-bond donors (Lipinski definition) is 2. The fraction of sp³-hybridized carbons (Fsp3) is 0.0870. The van der Waals surface area contributed by atoms with Crippen LogP contribution in [0.1, 0.15) is 27.2 Å². The van der Waals surface area contributed by atoms with Gasteiger partial charge in [0.1, 0.15) is 23.0 Å². The number of nitrogens with zero attached hydrogens (tertiary/aromatic N) is 1. The van der Waals surface area contributed by atoms with Gasteiger partial charge in [0.15, 0.2) is 0 Å². The summed E-state index contributed by atoms with van der Waals surface area (Å²) in [7, 11) is 0. The molecule has 8 heteroatoms. The quantitative estimate of drug-likeness (QED) is 0.476. The van der Waals surface area contributed by atoms with Crippen LogP contribution in [0.3, 0.4) is 0 Å². The average Bonchev–Trinajstić information content (AvgIpc) is 3.29. The number of hydrogen-bond acceptors (Lipinski definition) is 4. The lowest BCUT2D eigenvalue weighted by Crippen LogP contribution is -2.30. The number of furan rings is 1. The number of carbonyl (C=O) groups excluding carboxylic acids is 2. The van der Waals surface area contributed by atoms with Gasteiger partial charge in [-0.15, -0.1) is 0 Å². The number of imide groups is 1. The van der Waals surface area contributed by atoms with Gasteiger partial charge in [-0.2, -0.15) is 0 Å². The van der Waals surface area contributed by atoms with Gasteiger partial charge in [0.2, 0.25) is 0 Å². The van der Waals surface area contributed by atoms with Crippen LogP contribution in [0.15, 0.2) is 64.7 Å². The minimum Gasteiger partial charge on any atom is -0.478 e. The summed E-state index contributed by atoms with van der Waals surface area (Å²) in [6.07, 6.45) is 1.43. The highest BCUT2D eigenvalue weighted by molar-refractivity contribution is 6.13. The van der Waals surface area contributed by atoms with E-state index in [1.807, 2.05) is 0 Å². The molecule has 1 aromatic heterocycles. The molecule has 0 saturated carbocycles. The third-order valence-corrected chi connectivity index (χ3v) is 4.87. The van der Waals surface area contributed by atoms with E-state index in [2.05, 4.69) is 5.32 Å². The van der Waals surface area contributed by atoms with Crippen molar-refractivity contribution in [2.45, 2.75) is 13.5 Å². The Morgan fingerprint density at radius 1 is 1.13 bits per heavy atom. The zero-order chi connectivity index (χ0) is 22.1. The molecule has 2 aromatic carbocycles. The Morgan fingerprint density at radius 3 is 2.55 bits per heavy atom. The molecule has 2 N–H and O–H groups in total. The van der Waals surface area contributed by atoms with Gasteiger partial charge in [-0.1, -0.05) is 18.2 Å². The highest BCUT2D eigenvalue weighted by atomic mass is 19.1. The maximum Gasteiger partial charge on any atom is 0.335 e. The van der Waals surface area contributed by atoms with Gasteiger partial charge in [-0.05, 0) is 54.4 Å². The minimum atomic E-state index is -1.01. The Balaban J connectivity index is 1.54. The van der Waals surface area contributed by atoms with Crippen molar-refractivity contribution in [1.29, 1.82) is 0 Å². The van der Waals surface area contributed by atoms with Crippen LogP contribution in [0.5, 0.6) is 0 Å². The van der Waals surface area contributed by atoms with Crippen molar-refractivity contribution in [3.63, 3.8) is 0 Å². The summed E-state index contributed by atoms with van der Waals surface area (Å²) in [6, 6.07) is 13.0. The first-order valence-corrected chi connectivity index (χ1v) is 9.35. The van der Waals surface area contributed by atoms with Crippen molar-refractivity contribution < 1.29 is 28.3 Å². The van der Waals surface area contributed by atoms with Crippen LogP contribution in [-0.4, -0.2) is 27.9 Å². The number of aromatic carboxylic acids is 1. The summed E-state index contributed by atoms with van der Waals surface area (Å²) in [5.41, 5.74) is 2.30. The van der Waals surface area contributed by atoms with Crippen LogP contribution in [0.4, 0.5) is 9.18 Å². The first kappa shape index (κ1) is 20.1. The van der Waals surface area contributed by atoms with E-state index in [0.29, 0.717) is 17.1 Å². The predicted octanol–water partition coefficient (Wildman–Crippen LogP) is 4.19. The Morgan fingerprint density at radius 2 is 1.87 bits per heavy atom. The van der Waals surface area contributed by atoms with Crippen molar-refractivity contribution in [1.82, 2.24) is 10.2 Å². The van der Waals surface area contributed by atoms with Crippen molar-refractivity contribution in [3.05, 3.63) is 88.6 Å². The maximum atomic E-state index is 13.1. The molecule has 0 bridgehead atoms. The van der Waals surface area contributed by atoms with Gasteiger partial charge in [0.25, 0.3) is 5.91 Å². The van der Waals surface area contributed by atoms with Crippen LogP contribution in [0.25, 0.3) is 17.4 Å². The molecule has 0 aliphatic carbocycles. The summed E-state index contributed by atoms with van der Waals surface area (Å²) in [6.45, 7) is 1.79. The zero-order valence-corrected chi connectivity index (χ0v) is 16.4. The molecule has 156 valence electrons. The van der Waals surface area contributed by atoms with Gasteiger partial charge in [0, 0.05) is 11.6 Å². The van der Waals surface area contributed by atoms with E-state index in [-0.39, 0.29) is 17.8 Å². The Hall–Kier alpha value is -4.20. The summed E-state index contributed by atoms with van der Waals surface area (Å²) >= 11 is 0. The van der Waals surface area contributed by atoms with E-state index in [0.717, 1.165) is 16.0 Å². The molecule has 0 spiro atoms. The monoisotopic (exact) mass is 420 g/mol. The van der Waals surface area contributed by atoms with Crippen LogP contribution in [0, 0.1) is 12.7 Å². The average molecular weight is 420 g/mol. The number of aryl methyl sites for hydroxylation is 1. The molecule has 1 saturated heterocycles. The van der Waals surface area contributed by atoms with Crippen molar-refractivity contribution in [2.75, 3.05) is 0 Å². The number of carboxylic acid groups (broad SMARTS) is 1. The molecule has 2 heterocycles. The van der Waals surface area contributed by atoms with E-state index in [4.69, 9.17) is 9.52 Å². The molecule has 31 heavy (non-hydrogen) atoms. The number of benzene rings is 2. The third kappa shape index (κ3) is 4.09. The standard InChI is InChI=1S/C23H17FN2O5/c1-13-10-15(22(28)29)4-8-18(13)20-9-7-17(31-20)11-19-21(27)26(23(30)25-19)12-14-2-5-16(24)6-3-14/h2-11H,12H2,1H3,(H,25,30)(H,28,29)/b19-11+. The van der Waals surface area contributed by atoms with E-state index >= 15 is 0 Å². The van der Waals surface area contributed by atoms with Crippen LogP contribution >= 0.6 is 0 Å². The van der Waals surface area contributed by atoms with Crippen molar-refractivity contribution >= 4 is 24.0 Å². The van der Waals surface area contributed by atoms with Gasteiger partial charge in [0.05, 0.1) is 12.1 Å². The van der Waals surface area contributed by atoms with Gasteiger partial charge in [-0.25, -0.2) is 14.0 Å². The highest BCUT2D eigenvalue weighted by Gasteiger charge is 2.33. The molecular formula is C23H17FN2O5. The maximum absolute atomic E-state index is 13.1. The third-order valence-electron chi connectivity index (χ3n) is 4.87. The molecule has 0 atom stereocenters. The molecule has 1 aliphatic heterocycles. The number of halogens is 1. The van der Waals surface area contributed by atoms with Crippen molar-refractivity contribution in [2.24, 2.45) is 0 Å². The normalized spacial score (nSPS) is 14.9. The topological polar surface area (TPSA) is 99.9 Å². The van der Waals surface area contributed by atoms with Crippen LogP contribution < -0.4 is 5.32 Å². The summed E-state index contributed by atoms with van der Waals surface area (Å²) in [5.74, 6) is -1.08. The first-order valence-electron chi connectivity index (χ1n) is 9.35. The number of amides is 3. The number of carbonyl (C=O) groups is 3. The second-order valence-electron chi connectivity index (χ2n) is 7.04. The van der Waals surface area contributed by atoms with E-state index in [1.54, 1.807) is 31.2 Å². The molecule has 4 rings (SSSR count). The molecular weight excluding hydrogens is 403 g/mol. The molecule has 3 amide bonds. The molecule has 1 aliphatic rings.